The van der Waals surface area contributed by atoms with Crippen LogP contribution in [-0.4, -0.2) is 15.0 Å². The van der Waals surface area contributed by atoms with E-state index in [-0.39, 0.29) is 5.82 Å². The second-order valence-electron chi connectivity index (χ2n) is 6.40. The second-order valence-corrected chi connectivity index (χ2v) is 6.40. The molecule has 3 heterocycles. The summed E-state index contributed by atoms with van der Waals surface area (Å²) >= 11 is 0. The minimum absolute atomic E-state index is 0.324. The highest BCUT2D eigenvalue weighted by atomic mass is 19.1. The van der Waals surface area contributed by atoms with E-state index in [0.717, 1.165) is 21.9 Å². The molecule has 0 atom stereocenters. The van der Waals surface area contributed by atoms with Gasteiger partial charge < -0.3 is 10.7 Å². The van der Waals surface area contributed by atoms with Crippen molar-refractivity contribution in [3.8, 4) is 0 Å². The summed E-state index contributed by atoms with van der Waals surface area (Å²) in [4.78, 5) is 11.9. The molecule has 0 bridgehead atoms. The highest BCUT2D eigenvalue weighted by Gasteiger charge is 2.19. The van der Waals surface area contributed by atoms with Crippen LogP contribution < -0.4 is 5.73 Å². The number of halogens is 1. The van der Waals surface area contributed by atoms with Gasteiger partial charge in [-0.05, 0) is 24.8 Å². The maximum absolute atomic E-state index is 14.5. The van der Waals surface area contributed by atoms with Gasteiger partial charge in [0.2, 0.25) is 0 Å². The molecule has 3 N–H and O–H groups in total. The van der Waals surface area contributed by atoms with Crippen LogP contribution in [-0.2, 0) is 0 Å². The number of nitrogens with one attached hydrogen (secondary N) is 1. The first-order valence-electron chi connectivity index (χ1n) is 8.56. The highest BCUT2D eigenvalue weighted by Crippen LogP contribution is 2.34. The number of rotatable bonds is 5. The molecule has 1 aliphatic rings. The molecule has 1 aliphatic carbocycles. The smallest absolute Gasteiger partial charge is 0.149 e. The van der Waals surface area contributed by atoms with E-state index in [2.05, 4.69) is 27.6 Å². The molecule has 3 aromatic heterocycles. The lowest BCUT2D eigenvalue weighted by Gasteiger charge is -2.03. The molecular weight excluding hydrogens is 327 g/mol. The van der Waals surface area contributed by atoms with Gasteiger partial charge in [0.15, 0.2) is 0 Å². The van der Waals surface area contributed by atoms with Crippen molar-refractivity contribution in [2.45, 2.75) is 12.8 Å². The molecule has 130 valence electrons. The minimum Gasteiger partial charge on any atom is -0.404 e. The van der Waals surface area contributed by atoms with Crippen molar-refractivity contribution >= 4 is 33.6 Å². The van der Waals surface area contributed by atoms with Crippen LogP contribution in [0.1, 0.15) is 24.1 Å². The Labute approximate surface area is 150 Å². The summed E-state index contributed by atoms with van der Waals surface area (Å²) in [5.41, 5.74) is 9.23. The van der Waals surface area contributed by atoms with Crippen LogP contribution >= 0.6 is 0 Å². The Morgan fingerprint density at radius 1 is 1.31 bits per heavy atom. The molecule has 0 aliphatic heterocycles. The van der Waals surface area contributed by atoms with E-state index in [1.807, 2.05) is 18.2 Å². The van der Waals surface area contributed by atoms with Gasteiger partial charge in [0.05, 0.1) is 23.6 Å². The van der Waals surface area contributed by atoms with Crippen molar-refractivity contribution in [2.24, 2.45) is 11.7 Å². The molecule has 3 aromatic rings. The maximum Gasteiger partial charge on any atom is 0.149 e. The Morgan fingerprint density at radius 2 is 2.15 bits per heavy atom. The fourth-order valence-electron chi connectivity index (χ4n) is 3.00. The molecule has 0 radical (unpaired) electrons. The summed E-state index contributed by atoms with van der Waals surface area (Å²) in [6, 6.07) is 1.91. The fraction of sp³-hybridized carbons (Fsp3) is 0.143. The van der Waals surface area contributed by atoms with Crippen LogP contribution in [0, 0.1) is 11.7 Å². The molecule has 0 saturated heterocycles. The lowest BCUT2D eigenvalue weighted by Crippen LogP contribution is -1.91. The number of fused-ring (bicyclic) bond motifs is 3. The van der Waals surface area contributed by atoms with Crippen molar-refractivity contribution in [2.75, 3.05) is 0 Å². The summed E-state index contributed by atoms with van der Waals surface area (Å²) in [5.74, 6) is 0.241. The van der Waals surface area contributed by atoms with E-state index < -0.39 is 0 Å². The molecule has 5 heteroatoms. The Hall–Kier alpha value is -3.21. The van der Waals surface area contributed by atoms with Crippen molar-refractivity contribution in [3.63, 3.8) is 0 Å². The van der Waals surface area contributed by atoms with Crippen LogP contribution in [0.2, 0.25) is 0 Å². The zero-order valence-corrected chi connectivity index (χ0v) is 14.2. The van der Waals surface area contributed by atoms with Crippen molar-refractivity contribution in [1.29, 1.82) is 0 Å². The number of H-pyrrole nitrogens is 1. The lowest BCUT2D eigenvalue weighted by atomic mass is 10.1. The molecule has 4 rings (SSSR count). The van der Waals surface area contributed by atoms with E-state index in [0.29, 0.717) is 22.8 Å². The minimum atomic E-state index is -0.324. The van der Waals surface area contributed by atoms with Gasteiger partial charge in [-0.3, -0.25) is 4.98 Å². The van der Waals surface area contributed by atoms with Crippen LogP contribution in [0.25, 0.3) is 33.6 Å². The van der Waals surface area contributed by atoms with Crippen LogP contribution in [0.4, 0.5) is 4.39 Å². The predicted octanol–water partition coefficient (Wildman–Crippen LogP) is 4.72. The molecular formula is C21H19FN4. The van der Waals surface area contributed by atoms with Crippen molar-refractivity contribution < 1.29 is 4.39 Å². The molecule has 4 nitrogen and oxygen atoms in total. The standard InChI is InChI=1S/C21H19FN4/c1-2-3-4-14(10-23)18-9-16-19(12-24-18)26-21-20(16)15(17(22)11-25-21)8-7-13-5-6-13/h2-4,7-13H,1,5-6,23H2,(H,25,26)/b4-3-,8-7+,14-10+. The molecule has 1 saturated carbocycles. The third-order valence-electron chi connectivity index (χ3n) is 4.54. The Bertz CT molecular complexity index is 1080. The average Bonchev–Trinajstić information content (AvgIpc) is 3.41. The van der Waals surface area contributed by atoms with Gasteiger partial charge in [0.25, 0.3) is 0 Å². The van der Waals surface area contributed by atoms with Gasteiger partial charge in [-0.2, -0.15) is 0 Å². The SMILES string of the molecule is C=C/C=C\C(=C/N)c1cc2c(cn1)[nH]c1ncc(F)c(/C=C/C3CC3)c12. The molecule has 1 fully saturated rings. The zero-order valence-electron chi connectivity index (χ0n) is 14.2. The normalized spacial score (nSPS) is 15.7. The maximum atomic E-state index is 14.5. The fourth-order valence-corrected chi connectivity index (χ4v) is 3.00. The number of nitrogens with zero attached hydrogens (tertiary/aromatic N) is 2. The molecule has 0 unspecified atom stereocenters. The number of hydrogen-bond acceptors (Lipinski definition) is 3. The molecule has 26 heavy (non-hydrogen) atoms. The average molecular weight is 346 g/mol. The molecule has 0 amide bonds. The summed E-state index contributed by atoms with van der Waals surface area (Å²) < 4.78 is 14.5. The van der Waals surface area contributed by atoms with Crippen LogP contribution in [0.15, 0.2) is 55.5 Å². The van der Waals surface area contributed by atoms with Gasteiger partial charge in [-0.1, -0.05) is 37.0 Å². The number of aromatic amines is 1. The first-order valence-corrected chi connectivity index (χ1v) is 8.56. The molecule has 0 spiro atoms. The van der Waals surface area contributed by atoms with E-state index in [1.165, 1.54) is 25.2 Å². The first kappa shape index (κ1) is 16.3. The number of aromatic nitrogens is 3. The highest BCUT2D eigenvalue weighted by molar-refractivity contribution is 6.10. The Kier molecular flexibility index (Phi) is 4.13. The number of hydrogen-bond donors (Lipinski definition) is 2. The lowest BCUT2D eigenvalue weighted by molar-refractivity contribution is 0.621. The topological polar surface area (TPSA) is 67.6 Å². The Balaban J connectivity index is 1.93. The zero-order chi connectivity index (χ0) is 18.1. The quantitative estimate of drug-likeness (QED) is 0.657. The predicted molar refractivity (Wildman–Crippen MR) is 105 cm³/mol. The third-order valence-corrected chi connectivity index (χ3v) is 4.54. The van der Waals surface area contributed by atoms with Gasteiger partial charge in [-0.25, -0.2) is 9.37 Å². The largest absolute Gasteiger partial charge is 0.404 e. The second kappa shape index (κ2) is 6.59. The Morgan fingerprint density at radius 3 is 2.88 bits per heavy atom. The summed E-state index contributed by atoms with van der Waals surface area (Å²) in [7, 11) is 0. The number of allylic oxidation sites excluding steroid dienone is 5. The molecule has 0 aromatic carbocycles. The van der Waals surface area contributed by atoms with E-state index in [9.17, 15) is 4.39 Å². The van der Waals surface area contributed by atoms with E-state index in [4.69, 9.17) is 5.73 Å². The number of pyridine rings is 2. The number of nitrogens with two attached hydrogens (primary N) is 1. The van der Waals surface area contributed by atoms with E-state index in [1.54, 1.807) is 18.3 Å². The van der Waals surface area contributed by atoms with Gasteiger partial charge in [0.1, 0.15) is 11.5 Å². The third kappa shape index (κ3) is 2.92. The monoisotopic (exact) mass is 346 g/mol. The van der Waals surface area contributed by atoms with Gasteiger partial charge >= 0.3 is 0 Å². The van der Waals surface area contributed by atoms with Gasteiger partial charge in [0, 0.05) is 28.1 Å². The first-order chi connectivity index (χ1) is 12.7. The van der Waals surface area contributed by atoms with Crippen molar-refractivity contribution in [1.82, 2.24) is 15.0 Å². The summed E-state index contributed by atoms with van der Waals surface area (Å²) in [6.07, 6.45) is 16.1. The summed E-state index contributed by atoms with van der Waals surface area (Å²) in [6.45, 7) is 3.67. The van der Waals surface area contributed by atoms with Crippen molar-refractivity contribution in [3.05, 3.63) is 72.6 Å². The van der Waals surface area contributed by atoms with E-state index >= 15 is 0 Å². The van der Waals surface area contributed by atoms with Crippen LogP contribution in [0.3, 0.4) is 0 Å². The van der Waals surface area contributed by atoms with Gasteiger partial charge in [-0.15, -0.1) is 0 Å². The summed E-state index contributed by atoms with van der Waals surface area (Å²) in [5, 5.41) is 1.64. The van der Waals surface area contributed by atoms with Crippen LogP contribution in [0.5, 0.6) is 0 Å².